The van der Waals surface area contributed by atoms with Crippen LogP contribution < -0.4 is 5.32 Å². The molecule has 0 saturated heterocycles. The van der Waals surface area contributed by atoms with E-state index in [9.17, 15) is 13.2 Å². The SMILES string of the molecule is FC(F)(F)CNCc1ccn(-c2ccccc2)n1. The number of nitrogens with one attached hydrogen (secondary N) is 1. The Labute approximate surface area is 102 Å². The van der Waals surface area contributed by atoms with Gasteiger partial charge < -0.3 is 5.32 Å². The number of alkyl halides is 3. The van der Waals surface area contributed by atoms with Crippen molar-refractivity contribution in [2.75, 3.05) is 6.54 Å². The summed E-state index contributed by atoms with van der Waals surface area (Å²) >= 11 is 0. The Kier molecular flexibility index (Phi) is 3.66. The Morgan fingerprint density at radius 1 is 1.11 bits per heavy atom. The minimum absolute atomic E-state index is 0.0966. The average Bonchev–Trinajstić information content (AvgIpc) is 2.77. The quantitative estimate of drug-likeness (QED) is 0.909. The maximum absolute atomic E-state index is 11.9. The van der Waals surface area contributed by atoms with Crippen LogP contribution >= 0.6 is 0 Å². The monoisotopic (exact) mass is 255 g/mol. The molecule has 0 unspecified atom stereocenters. The molecule has 1 aromatic heterocycles. The second-order valence-electron chi connectivity index (χ2n) is 3.81. The van der Waals surface area contributed by atoms with Crippen LogP contribution in [0.1, 0.15) is 5.69 Å². The molecule has 0 aliphatic rings. The fraction of sp³-hybridized carbons (Fsp3) is 0.250. The van der Waals surface area contributed by atoms with Gasteiger partial charge in [0.15, 0.2) is 0 Å². The van der Waals surface area contributed by atoms with E-state index in [1.54, 1.807) is 16.9 Å². The van der Waals surface area contributed by atoms with Gasteiger partial charge in [-0.3, -0.25) is 0 Å². The number of hydrogen-bond acceptors (Lipinski definition) is 2. The number of nitrogens with zero attached hydrogens (tertiary/aromatic N) is 2. The zero-order valence-corrected chi connectivity index (χ0v) is 9.48. The lowest BCUT2D eigenvalue weighted by molar-refractivity contribution is -0.125. The zero-order valence-electron chi connectivity index (χ0n) is 9.48. The summed E-state index contributed by atoms with van der Waals surface area (Å²) in [5, 5.41) is 6.49. The highest BCUT2D eigenvalue weighted by Crippen LogP contribution is 2.12. The fourth-order valence-electron chi connectivity index (χ4n) is 1.51. The van der Waals surface area contributed by atoms with Crippen LogP contribution in [0.2, 0.25) is 0 Å². The first-order chi connectivity index (χ1) is 8.54. The third-order valence-corrected chi connectivity index (χ3v) is 2.30. The zero-order chi connectivity index (χ0) is 13.0. The van der Waals surface area contributed by atoms with Gasteiger partial charge in [-0.25, -0.2) is 4.68 Å². The van der Waals surface area contributed by atoms with Gasteiger partial charge in [0.25, 0.3) is 0 Å². The first-order valence-electron chi connectivity index (χ1n) is 5.42. The highest BCUT2D eigenvalue weighted by atomic mass is 19.4. The largest absolute Gasteiger partial charge is 0.401 e. The predicted octanol–water partition coefficient (Wildman–Crippen LogP) is 2.52. The molecule has 0 saturated carbocycles. The third-order valence-electron chi connectivity index (χ3n) is 2.30. The molecule has 6 heteroatoms. The van der Waals surface area contributed by atoms with E-state index in [1.165, 1.54) is 0 Å². The molecule has 0 fully saturated rings. The Bertz CT molecular complexity index is 491. The summed E-state index contributed by atoms with van der Waals surface area (Å²) in [4.78, 5) is 0. The summed E-state index contributed by atoms with van der Waals surface area (Å²) in [7, 11) is 0. The van der Waals surface area contributed by atoms with E-state index in [0.29, 0.717) is 5.69 Å². The molecule has 0 atom stereocenters. The van der Waals surface area contributed by atoms with Crippen LogP contribution in [-0.2, 0) is 6.54 Å². The van der Waals surface area contributed by atoms with Gasteiger partial charge in [-0.1, -0.05) is 18.2 Å². The summed E-state index contributed by atoms with van der Waals surface area (Å²) in [5.74, 6) is 0. The second kappa shape index (κ2) is 5.22. The standard InChI is InChI=1S/C12H12F3N3/c13-12(14,15)9-16-8-10-6-7-18(17-10)11-4-2-1-3-5-11/h1-7,16H,8-9H2. The lowest BCUT2D eigenvalue weighted by Gasteiger charge is -2.06. The molecule has 96 valence electrons. The van der Waals surface area contributed by atoms with Gasteiger partial charge in [-0.15, -0.1) is 0 Å². The van der Waals surface area contributed by atoms with Crippen LogP contribution in [0, 0.1) is 0 Å². The number of aromatic nitrogens is 2. The molecule has 0 spiro atoms. The lowest BCUT2D eigenvalue weighted by Crippen LogP contribution is -2.28. The smallest absolute Gasteiger partial charge is 0.303 e. The van der Waals surface area contributed by atoms with Gasteiger partial charge in [0.1, 0.15) is 0 Å². The Balaban J connectivity index is 1.95. The highest BCUT2D eigenvalue weighted by Gasteiger charge is 2.26. The topological polar surface area (TPSA) is 29.9 Å². The van der Waals surface area contributed by atoms with Gasteiger partial charge >= 0.3 is 6.18 Å². The van der Waals surface area contributed by atoms with Crippen LogP contribution in [-0.4, -0.2) is 22.5 Å². The second-order valence-corrected chi connectivity index (χ2v) is 3.81. The van der Waals surface area contributed by atoms with Crippen molar-refractivity contribution in [1.82, 2.24) is 15.1 Å². The van der Waals surface area contributed by atoms with Crippen molar-refractivity contribution >= 4 is 0 Å². The Morgan fingerprint density at radius 3 is 2.50 bits per heavy atom. The van der Waals surface area contributed by atoms with Gasteiger partial charge in [0.2, 0.25) is 0 Å². The lowest BCUT2D eigenvalue weighted by atomic mass is 10.3. The Hall–Kier alpha value is -1.82. The number of halogens is 3. The van der Waals surface area contributed by atoms with Crippen molar-refractivity contribution in [3.8, 4) is 5.69 Å². The molecule has 0 amide bonds. The maximum Gasteiger partial charge on any atom is 0.401 e. The predicted molar refractivity (Wildman–Crippen MR) is 61.3 cm³/mol. The molecule has 2 rings (SSSR count). The summed E-state index contributed by atoms with van der Waals surface area (Å²) in [5.41, 5.74) is 1.45. The number of para-hydroxylation sites is 1. The first kappa shape index (κ1) is 12.6. The van der Waals surface area contributed by atoms with Crippen LogP contribution in [0.15, 0.2) is 42.6 Å². The van der Waals surface area contributed by atoms with Crippen LogP contribution in [0.4, 0.5) is 13.2 Å². The number of hydrogen-bond donors (Lipinski definition) is 1. The van der Waals surface area contributed by atoms with E-state index in [0.717, 1.165) is 5.69 Å². The maximum atomic E-state index is 11.9. The molecule has 0 aliphatic carbocycles. The summed E-state index contributed by atoms with van der Waals surface area (Å²) < 4.78 is 37.5. The van der Waals surface area contributed by atoms with E-state index < -0.39 is 12.7 Å². The number of benzene rings is 1. The molecule has 1 aromatic carbocycles. The molecular formula is C12H12F3N3. The number of rotatable bonds is 4. The summed E-state index contributed by atoms with van der Waals surface area (Å²) in [6, 6.07) is 11.1. The van der Waals surface area contributed by atoms with Crippen molar-refractivity contribution in [3.63, 3.8) is 0 Å². The van der Waals surface area contributed by atoms with Crippen molar-refractivity contribution in [1.29, 1.82) is 0 Å². The van der Waals surface area contributed by atoms with Gasteiger partial charge in [-0.2, -0.15) is 18.3 Å². The van der Waals surface area contributed by atoms with E-state index in [-0.39, 0.29) is 6.54 Å². The molecule has 0 aliphatic heterocycles. The minimum atomic E-state index is -4.19. The summed E-state index contributed by atoms with van der Waals surface area (Å²) in [6.45, 7) is -0.912. The molecule has 3 nitrogen and oxygen atoms in total. The van der Waals surface area contributed by atoms with E-state index in [2.05, 4.69) is 10.4 Å². The van der Waals surface area contributed by atoms with Crippen LogP contribution in [0.5, 0.6) is 0 Å². The van der Waals surface area contributed by atoms with Gasteiger partial charge in [0, 0.05) is 12.7 Å². The molecule has 0 bridgehead atoms. The normalized spacial score (nSPS) is 11.7. The third kappa shape index (κ3) is 3.59. The molecule has 0 radical (unpaired) electrons. The van der Waals surface area contributed by atoms with E-state index in [1.807, 2.05) is 30.3 Å². The van der Waals surface area contributed by atoms with Crippen molar-refractivity contribution in [2.24, 2.45) is 0 Å². The summed E-state index contributed by atoms with van der Waals surface area (Å²) in [6.07, 6.45) is -2.47. The van der Waals surface area contributed by atoms with Crippen LogP contribution in [0.3, 0.4) is 0 Å². The molecule has 1 heterocycles. The van der Waals surface area contributed by atoms with E-state index >= 15 is 0 Å². The highest BCUT2D eigenvalue weighted by molar-refractivity contribution is 5.30. The average molecular weight is 255 g/mol. The van der Waals surface area contributed by atoms with E-state index in [4.69, 9.17) is 0 Å². The van der Waals surface area contributed by atoms with Crippen molar-refractivity contribution in [3.05, 3.63) is 48.3 Å². The first-order valence-corrected chi connectivity index (χ1v) is 5.42. The van der Waals surface area contributed by atoms with Gasteiger partial charge in [0.05, 0.1) is 17.9 Å². The molecule has 2 aromatic rings. The van der Waals surface area contributed by atoms with Crippen molar-refractivity contribution in [2.45, 2.75) is 12.7 Å². The van der Waals surface area contributed by atoms with Crippen molar-refractivity contribution < 1.29 is 13.2 Å². The van der Waals surface area contributed by atoms with Gasteiger partial charge in [-0.05, 0) is 18.2 Å². The minimum Gasteiger partial charge on any atom is -0.303 e. The van der Waals surface area contributed by atoms with Crippen LogP contribution in [0.25, 0.3) is 5.69 Å². The molecule has 1 N–H and O–H groups in total. The molecular weight excluding hydrogens is 243 g/mol. The molecule has 18 heavy (non-hydrogen) atoms. The fourth-order valence-corrected chi connectivity index (χ4v) is 1.51. The Morgan fingerprint density at radius 2 is 1.83 bits per heavy atom.